The van der Waals surface area contributed by atoms with Crippen molar-refractivity contribution in [2.45, 2.75) is 12.5 Å². The Kier molecular flexibility index (Phi) is 4.20. The van der Waals surface area contributed by atoms with Gasteiger partial charge in [0.25, 0.3) is 0 Å². The fourth-order valence-electron chi connectivity index (χ4n) is 3.46. The first-order chi connectivity index (χ1) is 13.5. The number of allylic oxidation sites excluding steroid dienone is 2. The molecule has 2 aromatic rings. The van der Waals surface area contributed by atoms with Gasteiger partial charge in [-0.15, -0.1) is 0 Å². The Morgan fingerprint density at radius 1 is 1.00 bits per heavy atom. The van der Waals surface area contributed by atoms with Gasteiger partial charge in [0.1, 0.15) is 11.5 Å². The fourth-order valence-corrected chi connectivity index (χ4v) is 3.46. The zero-order valence-corrected chi connectivity index (χ0v) is 15.4. The van der Waals surface area contributed by atoms with E-state index >= 15 is 0 Å². The van der Waals surface area contributed by atoms with Gasteiger partial charge in [0.15, 0.2) is 11.3 Å². The Balaban J connectivity index is 1.81. The number of hydroxylamine groups is 2. The zero-order chi connectivity index (χ0) is 19.9. The molecule has 6 nitrogen and oxygen atoms in total. The highest BCUT2D eigenvalue weighted by Gasteiger charge is 2.52. The summed E-state index contributed by atoms with van der Waals surface area (Å²) in [5, 5.41) is 11.7. The summed E-state index contributed by atoms with van der Waals surface area (Å²) in [6, 6.07) is 15.8. The number of ether oxygens (including phenoxy) is 1. The van der Waals surface area contributed by atoms with E-state index in [0.29, 0.717) is 17.0 Å². The molecule has 0 spiro atoms. The SMILES string of the molecule is COc1ccc(N=C2C(=O)C=CC3=C2C(=O)C(C)(c2ccccc2)N3O)cc1. The van der Waals surface area contributed by atoms with Gasteiger partial charge in [-0.05, 0) is 48.9 Å². The molecule has 0 saturated heterocycles. The molecule has 1 N–H and O–H groups in total. The quantitative estimate of drug-likeness (QED) is 0.834. The number of hydrogen-bond donors (Lipinski definition) is 1. The van der Waals surface area contributed by atoms with E-state index < -0.39 is 5.54 Å². The van der Waals surface area contributed by atoms with Crippen LogP contribution in [0.3, 0.4) is 0 Å². The summed E-state index contributed by atoms with van der Waals surface area (Å²) in [7, 11) is 1.56. The van der Waals surface area contributed by atoms with Gasteiger partial charge in [0, 0.05) is 0 Å². The zero-order valence-electron chi connectivity index (χ0n) is 15.4. The van der Waals surface area contributed by atoms with E-state index in [1.54, 1.807) is 62.6 Å². The molecular formula is C22H18N2O4. The number of nitrogens with zero attached hydrogens (tertiary/aromatic N) is 2. The van der Waals surface area contributed by atoms with Crippen LogP contribution >= 0.6 is 0 Å². The van der Waals surface area contributed by atoms with Crippen LogP contribution in [0, 0.1) is 0 Å². The molecule has 1 aliphatic carbocycles. The molecule has 2 aromatic carbocycles. The van der Waals surface area contributed by atoms with E-state index in [0.717, 1.165) is 5.06 Å². The molecule has 6 heteroatoms. The van der Waals surface area contributed by atoms with Crippen molar-refractivity contribution in [1.82, 2.24) is 5.06 Å². The number of Topliss-reactive ketones (excluding diaryl/α,β-unsaturated/α-hetero) is 1. The van der Waals surface area contributed by atoms with Crippen molar-refractivity contribution in [2.24, 2.45) is 4.99 Å². The maximum Gasteiger partial charge on any atom is 0.205 e. The van der Waals surface area contributed by atoms with E-state index in [1.165, 1.54) is 12.2 Å². The highest BCUT2D eigenvalue weighted by Crippen LogP contribution is 2.42. The molecule has 0 aromatic heterocycles. The van der Waals surface area contributed by atoms with Gasteiger partial charge in [-0.2, -0.15) is 0 Å². The lowest BCUT2D eigenvalue weighted by molar-refractivity contribution is -0.151. The standard InChI is InChI=1S/C22H18N2O4/c1-22(14-6-4-3-5-7-14)21(26)19-17(24(22)27)12-13-18(25)20(19)23-15-8-10-16(28-2)11-9-15/h3-13,27H,1-2H3. The van der Waals surface area contributed by atoms with Crippen molar-refractivity contribution in [3.8, 4) is 5.75 Å². The van der Waals surface area contributed by atoms with Gasteiger partial charge in [-0.1, -0.05) is 30.3 Å². The lowest BCUT2D eigenvalue weighted by Gasteiger charge is -2.31. The van der Waals surface area contributed by atoms with Gasteiger partial charge < -0.3 is 4.74 Å². The van der Waals surface area contributed by atoms with Crippen molar-refractivity contribution in [3.05, 3.63) is 83.6 Å². The number of benzene rings is 2. The van der Waals surface area contributed by atoms with E-state index in [1.807, 2.05) is 6.07 Å². The minimum Gasteiger partial charge on any atom is -0.497 e. The molecule has 0 radical (unpaired) electrons. The molecule has 0 bridgehead atoms. The smallest absolute Gasteiger partial charge is 0.205 e. The Morgan fingerprint density at radius 2 is 1.68 bits per heavy atom. The number of hydrogen-bond acceptors (Lipinski definition) is 6. The number of ketones is 2. The van der Waals surface area contributed by atoms with Crippen molar-refractivity contribution in [2.75, 3.05) is 7.11 Å². The summed E-state index contributed by atoms with van der Waals surface area (Å²) in [5.41, 5.74) is 0.215. The largest absolute Gasteiger partial charge is 0.497 e. The summed E-state index contributed by atoms with van der Waals surface area (Å²) >= 11 is 0. The van der Waals surface area contributed by atoms with Crippen LogP contribution in [-0.2, 0) is 15.1 Å². The molecule has 4 rings (SSSR count). The number of carbonyl (C=O) groups excluding carboxylic acids is 2. The van der Waals surface area contributed by atoms with Crippen LogP contribution in [-0.4, -0.2) is 34.7 Å². The van der Waals surface area contributed by atoms with E-state index in [2.05, 4.69) is 4.99 Å². The third-order valence-electron chi connectivity index (χ3n) is 5.09. The summed E-state index contributed by atoms with van der Waals surface area (Å²) < 4.78 is 5.13. The van der Waals surface area contributed by atoms with Gasteiger partial charge >= 0.3 is 0 Å². The third-order valence-corrected chi connectivity index (χ3v) is 5.09. The molecule has 0 fully saturated rings. The molecular weight excluding hydrogens is 356 g/mol. The number of carbonyl (C=O) groups is 2. The van der Waals surface area contributed by atoms with Crippen LogP contribution in [0.15, 0.2) is 83.0 Å². The van der Waals surface area contributed by atoms with E-state index in [4.69, 9.17) is 4.74 Å². The molecule has 1 heterocycles. The van der Waals surface area contributed by atoms with Crippen molar-refractivity contribution >= 4 is 23.0 Å². The maximum absolute atomic E-state index is 13.4. The first kappa shape index (κ1) is 17.9. The lowest BCUT2D eigenvalue weighted by Crippen LogP contribution is -2.42. The van der Waals surface area contributed by atoms with Gasteiger partial charge in [0.05, 0.1) is 24.1 Å². The lowest BCUT2D eigenvalue weighted by atomic mass is 9.84. The molecule has 1 atom stereocenters. The van der Waals surface area contributed by atoms with Crippen molar-refractivity contribution in [1.29, 1.82) is 0 Å². The van der Waals surface area contributed by atoms with Crippen LogP contribution in [0.4, 0.5) is 5.69 Å². The predicted octanol–water partition coefficient (Wildman–Crippen LogP) is 3.35. The first-order valence-corrected chi connectivity index (χ1v) is 8.76. The third kappa shape index (κ3) is 2.58. The highest BCUT2D eigenvalue weighted by atomic mass is 16.5. The molecule has 2 aliphatic rings. The fraction of sp³-hybridized carbons (Fsp3) is 0.136. The van der Waals surface area contributed by atoms with E-state index in [-0.39, 0.29) is 28.5 Å². The molecule has 140 valence electrons. The summed E-state index contributed by atoms with van der Waals surface area (Å²) in [5.74, 6) is -0.0939. The van der Waals surface area contributed by atoms with Crippen LogP contribution < -0.4 is 4.74 Å². The molecule has 0 amide bonds. The minimum absolute atomic E-state index is 0.0198. The Morgan fingerprint density at radius 3 is 2.32 bits per heavy atom. The minimum atomic E-state index is -1.33. The molecule has 1 aliphatic heterocycles. The number of rotatable bonds is 3. The van der Waals surface area contributed by atoms with Crippen LogP contribution in [0.1, 0.15) is 12.5 Å². The summed E-state index contributed by atoms with van der Waals surface area (Å²) in [6.07, 6.45) is 2.77. The average molecular weight is 374 g/mol. The van der Waals surface area contributed by atoms with Crippen LogP contribution in [0.25, 0.3) is 0 Å². The van der Waals surface area contributed by atoms with Crippen LogP contribution in [0.2, 0.25) is 0 Å². The topological polar surface area (TPSA) is 79.2 Å². The summed E-state index contributed by atoms with van der Waals surface area (Å²) in [4.78, 5) is 30.3. The second-order valence-electron chi connectivity index (χ2n) is 6.70. The first-order valence-electron chi connectivity index (χ1n) is 8.76. The molecule has 28 heavy (non-hydrogen) atoms. The number of methoxy groups -OCH3 is 1. The maximum atomic E-state index is 13.4. The Hall–Kier alpha value is -3.51. The van der Waals surface area contributed by atoms with Gasteiger partial charge in [-0.25, -0.2) is 10.1 Å². The number of aliphatic imine (C=N–C) groups is 1. The van der Waals surface area contributed by atoms with E-state index in [9.17, 15) is 14.8 Å². The summed E-state index contributed by atoms with van der Waals surface area (Å²) in [6.45, 7) is 1.63. The van der Waals surface area contributed by atoms with Crippen LogP contribution in [0.5, 0.6) is 5.75 Å². The average Bonchev–Trinajstić information content (AvgIpc) is 2.93. The van der Waals surface area contributed by atoms with Crippen molar-refractivity contribution in [3.63, 3.8) is 0 Å². The molecule has 1 unspecified atom stereocenters. The van der Waals surface area contributed by atoms with Crippen molar-refractivity contribution < 1.29 is 19.5 Å². The molecule has 0 saturated carbocycles. The predicted molar refractivity (Wildman–Crippen MR) is 104 cm³/mol. The second kappa shape index (κ2) is 6.58. The second-order valence-corrected chi connectivity index (χ2v) is 6.70. The van der Waals surface area contributed by atoms with Gasteiger partial charge in [0.2, 0.25) is 5.78 Å². The Bertz CT molecular complexity index is 1050. The monoisotopic (exact) mass is 374 g/mol. The van der Waals surface area contributed by atoms with Gasteiger partial charge in [-0.3, -0.25) is 14.8 Å². The Labute approximate surface area is 162 Å². The highest BCUT2D eigenvalue weighted by molar-refractivity contribution is 6.57. The normalized spacial score (nSPS) is 22.8.